The van der Waals surface area contributed by atoms with Gasteiger partial charge < -0.3 is 29.7 Å². The average molecular weight is 850 g/mol. The SMILES string of the molecule is CC[C@@H]1C[C@H](C)CCC=C[C@@H]2C[C@@]2(C(=O)NS(=O)(=O)C2(C)CC2)NC(=O)[C@@H]2C[C@@H](Oc3ncc(COC)c4ccccc34)CN2C(=O)[C@H]1NC(=O)OC(C)(C)C(F)(F)F. The second kappa shape index (κ2) is 16.5. The molecule has 18 heteroatoms. The third kappa shape index (κ3) is 9.17. The van der Waals surface area contributed by atoms with Gasteiger partial charge in [0.1, 0.15) is 23.7 Å². The highest BCUT2D eigenvalue weighted by Crippen LogP contribution is 2.48. The molecule has 2 aliphatic carbocycles. The number of rotatable bonds is 10. The summed E-state index contributed by atoms with van der Waals surface area (Å²) in [5, 5.41) is 6.70. The number of methoxy groups -OCH3 is 1. The summed E-state index contributed by atoms with van der Waals surface area (Å²) in [7, 11) is -2.52. The van der Waals surface area contributed by atoms with Crippen molar-refractivity contribution >= 4 is 44.6 Å². The highest BCUT2D eigenvalue weighted by atomic mass is 32.2. The highest BCUT2D eigenvalue weighted by molar-refractivity contribution is 7.91. The molecule has 0 bridgehead atoms. The van der Waals surface area contributed by atoms with Crippen molar-refractivity contribution in [1.82, 2.24) is 25.2 Å². The number of halogens is 3. The van der Waals surface area contributed by atoms with E-state index in [4.69, 9.17) is 14.2 Å². The van der Waals surface area contributed by atoms with E-state index >= 15 is 0 Å². The lowest BCUT2D eigenvalue weighted by Crippen LogP contribution is -2.60. The first-order valence-corrected chi connectivity index (χ1v) is 21.6. The summed E-state index contributed by atoms with van der Waals surface area (Å²) < 4.78 is 85.6. The number of sulfonamides is 1. The smallest absolute Gasteiger partial charge is 0.427 e. The zero-order chi connectivity index (χ0) is 43.1. The van der Waals surface area contributed by atoms with Crippen molar-refractivity contribution < 1.29 is 55.0 Å². The Morgan fingerprint density at radius 2 is 1.80 bits per heavy atom. The minimum absolute atomic E-state index is 0.0307. The summed E-state index contributed by atoms with van der Waals surface area (Å²) in [5.74, 6) is -3.36. The third-order valence-corrected chi connectivity index (χ3v) is 14.5. The number of nitrogens with one attached hydrogen (secondary N) is 3. The van der Waals surface area contributed by atoms with Gasteiger partial charge in [0.05, 0.1) is 17.9 Å². The number of allylic oxidation sites excluding steroid dienone is 1. The van der Waals surface area contributed by atoms with Crippen LogP contribution in [-0.4, -0.2) is 96.0 Å². The van der Waals surface area contributed by atoms with Crippen molar-refractivity contribution in [3.05, 3.63) is 48.2 Å². The van der Waals surface area contributed by atoms with Gasteiger partial charge in [0, 0.05) is 36.6 Å². The number of aromatic nitrogens is 1. The molecule has 1 saturated heterocycles. The van der Waals surface area contributed by atoms with Gasteiger partial charge in [-0.2, -0.15) is 13.2 Å². The summed E-state index contributed by atoms with van der Waals surface area (Å²) in [6.45, 7) is 6.79. The topological polar surface area (TPSA) is 182 Å². The summed E-state index contributed by atoms with van der Waals surface area (Å²) in [5.41, 5.74) is -3.73. The molecule has 2 aliphatic heterocycles. The van der Waals surface area contributed by atoms with Crippen LogP contribution in [0.15, 0.2) is 42.6 Å². The van der Waals surface area contributed by atoms with Gasteiger partial charge in [-0.3, -0.25) is 19.1 Å². The van der Waals surface area contributed by atoms with E-state index in [-0.39, 0.29) is 37.8 Å². The Hall–Kier alpha value is -4.45. The number of carbonyl (C=O) groups excluding carboxylic acids is 4. The van der Waals surface area contributed by atoms with Crippen LogP contribution in [0.2, 0.25) is 0 Å². The Labute approximate surface area is 342 Å². The normalized spacial score (nSPS) is 28.7. The Morgan fingerprint density at radius 3 is 2.44 bits per heavy atom. The molecule has 4 amide bonds. The zero-order valence-corrected chi connectivity index (χ0v) is 35.0. The summed E-state index contributed by atoms with van der Waals surface area (Å²) in [6, 6.07) is 4.61. The molecule has 0 unspecified atom stereocenters. The minimum Gasteiger partial charge on any atom is -0.472 e. The zero-order valence-electron chi connectivity index (χ0n) is 34.2. The molecule has 6 rings (SSSR count). The fraction of sp³-hybridized carbons (Fsp3) is 0.634. The van der Waals surface area contributed by atoms with E-state index in [1.165, 1.54) is 4.90 Å². The van der Waals surface area contributed by atoms with E-state index in [1.807, 2.05) is 31.2 Å². The average Bonchev–Trinajstić information content (AvgIpc) is 4.04. The molecule has 7 atom stereocenters. The first kappa shape index (κ1) is 44.1. The van der Waals surface area contributed by atoms with Crippen LogP contribution < -0.4 is 20.1 Å². The molecule has 4 aliphatic rings. The van der Waals surface area contributed by atoms with E-state index in [0.717, 1.165) is 10.9 Å². The number of nitrogens with zero attached hydrogens (tertiary/aromatic N) is 2. The Balaban J connectivity index is 1.37. The molecule has 0 spiro atoms. The lowest BCUT2D eigenvalue weighted by atomic mass is 9.85. The van der Waals surface area contributed by atoms with Crippen molar-refractivity contribution in [1.29, 1.82) is 0 Å². The molecule has 14 nitrogen and oxygen atoms in total. The van der Waals surface area contributed by atoms with Gasteiger partial charge in [-0.05, 0) is 82.6 Å². The molecule has 59 heavy (non-hydrogen) atoms. The van der Waals surface area contributed by atoms with Crippen LogP contribution in [0.1, 0.15) is 91.5 Å². The molecule has 3 fully saturated rings. The minimum atomic E-state index is -4.91. The predicted octanol–water partition coefficient (Wildman–Crippen LogP) is 5.44. The van der Waals surface area contributed by atoms with Crippen molar-refractivity contribution in [2.24, 2.45) is 17.8 Å². The molecule has 0 radical (unpaired) electrons. The van der Waals surface area contributed by atoms with Gasteiger partial charge in [0.25, 0.3) is 5.91 Å². The van der Waals surface area contributed by atoms with Crippen LogP contribution in [0, 0.1) is 17.8 Å². The number of hydrogen-bond acceptors (Lipinski definition) is 10. The summed E-state index contributed by atoms with van der Waals surface area (Å²) in [6.07, 6.45) is 0.713. The van der Waals surface area contributed by atoms with Crippen molar-refractivity contribution in [3.8, 4) is 5.88 Å². The maximum absolute atomic E-state index is 14.9. The molecular weight excluding hydrogens is 796 g/mol. The number of fused-ring (bicyclic) bond motifs is 3. The van der Waals surface area contributed by atoms with E-state index < -0.39 is 85.9 Å². The van der Waals surface area contributed by atoms with Gasteiger partial charge in [0.15, 0.2) is 0 Å². The lowest BCUT2D eigenvalue weighted by molar-refractivity contribution is -0.244. The predicted molar refractivity (Wildman–Crippen MR) is 210 cm³/mol. The molecule has 2 aromatic rings. The number of alkyl halides is 3. The van der Waals surface area contributed by atoms with E-state index in [2.05, 4.69) is 20.3 Å². The second-order valence-electron chi connectivity index (χ2n) is 17.2. The van der Waals surface area contributed by atoms with Gasteiger partial charge in [0.2, 0.25) is 33.3 Å². The monoisotopic (exact) mass is 849 g/mol. The molecule has 2 saturated carbocycles. The van der Waals surface area contributed by atoms with E-state index in [0.29, 0.717) is 57.8 Å². The fourth-order valence-corrected chi connectivity index (χ4v) is 9.32. The van der Waals surface area contributed by atoms with Crippen LogP contribution in [0.4, 0.5) is 18.0 Å². The van der Waals surface area contributed by atoms with Crippen LogP contribution in [0.5, 0.6) is 5.88 Å². The van der Waals surface area contributed by atoms with Crippen LogP contribution in [0.25, 0.3) is 10.8 Å². The molecule has 3 N–H and O–H groups in total. The molecule has 3 heterocycles. The first-order valence-electron chi connectivity index (χ1n) is 20.1. The molecular formula is C41H54F3N5O9S. The number of alkyl carbamates (subject to hydrolysis) is 1. The third-order valence-electron chi connectivity index (χ3n) is 12.3. The molecule has 324 valence electrons. The fourth-order valence-electron chi connectivity index (χ4n) is 8.01. The lowest BCUT2D eigenvalue weighted by Gasteiger charge is -2.35. The Morgan fingerprint density at radius 1 is 1.10 bits per heavy atom. The summed E-state index contributed by atoms with van der Waals surface area (Å²) >= 11 is 0. The first-order chi connectivity index (χ1) is 27.6. The Kier molecular flexibility index (Phi) is 12.4. The van der Waals surface area contributed by atoms with Gasteiger partial charge in [-0.15, -0.1) is 0 Å². The summed E-state index contributed by atoms with van der Waals surface area (Å²) in [4.78, 5) is 62.5. The number of carbonyl (C=O) groups is 4. The maximum atomic E-state index is 14.9. The number of amides is 4. The van der Waals surface area contributed by atoms with Gasteiger partial charge in [-0.1, -0.05) is 50.6 Å². The second-order valence-corrected chi connectivity index (χ2v) is 19.4. The Bertz CT molecular complexity index is 2090. The number of benzene rings is 1. The number of ether oxygens (including phenoxy) is 3. The molecule has 1 aromatic heterocycles. The number of hydrogen-bond donors (Lipinski definition) is 3. The maximum Gasteiger partial charge on any atom is 0.427 e. The van der Waals surface area contributed by atoms with Crippen molar-refractivity contribution in [2.75, 3.05) is 13.7 Å². The number of pyridine rings is 1. The van der Waals surface area contributed by atoms with Crippen molar-refractivity contribution in [3.63, 3.8) is 0 Å². The van der Waals surface area contributed by atoms with Gasteiger partial charge >= 0.3 is 12.3 Å². The standard InChI is InChI=1S/C41H54F3N5O9S/c1-7-25-18-24(2)12-8-9-13-27-20-40(27,36(52)48-59(54,55)39(5)16-17-39)47-33(50)31-19-28(57-34-30-15-11-10-14-29(30)26(21-45-34)23-56-6)22-49(31)35(51)32(25)46-37(53)58-38(3,4)41(42,43)44/h9-11,13-15,21,24-25,27-28,31-32H,7-8,12,16-20,22-23H2,1-6H3,(H,46,53)(H,47,50)(H,48,52)/t24-,25-,27-,28-,31+,32+,40-/m1/s1. The highest BCUT2D eigenvalue weighted by Gasteiger charge is 2.63. The molecule has 1 aromatic carbocycles. The van der Waals surface area contributed by atoms with Gasteiger partial charge in [-0.25, -0.2) is 18.2 Å². The van der Waals surface area contributed by atoms with Crippen LogP contribution in [0.3, 0.4) is 0 Å². The van der Waals surface area contributed by atoms with Crippen molar-refractivity contribution in [2.45, 2.75) is 133 Å². The quantitative estimate of drug-likeness (QED) is 0.261. The van der Waals surface area contributed by atoms with Crippen LogP contribution in [-0.2, 0) is 40.5 Å². The largest absolute Gasteiger partial charge is 0.472 e. The van der Waals surface area contributed by atoms with Crippen LogP contribution >= 0.6 is 0 Å². The van der Waals surface area contributed by atoms with E-state index in [1.54, 1.807) is 39.3 Å². The van der Waals surface area contributed by atoms with E-state index in [9.17, 15) is 40.8 Å².